The van der Waals surface area contributed by atoms with E-state index in [1.165, 1.54) is 11.9 Å². The maximum atomic E-state index is 12.3. The van der Waals surface area contributed by atoms with Gasteiger partial charge in [0.2, 0.25) is 5.82 Å². The monoisotopic (exact) mass is 358 g/mol. The normalized spacial score (nSPS) is 10.6. The zero-order valence-corrected chi connectivity index (χ0v) is 14.4. The van der Waals surface area contributed by atoms with Crippen LogP contribution in [0.4, 0.5) is 0 Å². The van der Waals surface area contributed by atoms with Crippen LogP contribution >= 0.6 is 0 Å². The lowest BCUT2D eigenvalue weighted by molar-refractivity contribution is 0.0601. The highest BCUT2D eigenvalue weighted by molar-refractivity contribution is 5.97. The molecule has 0 saturated heterocycles. The quantitative estimate of drug-likeness (QED) is 0.517. The van der Waals surface area contributed by atoms with Gasteiger partial charge < -0.3 is 4.74 Å². The predicted molar refractivity (Wildman–Crippen MR) is 97.0 cm³/mol. The average Bonchev–Trinajstić information content (AvgIpc) is 3.24. The Bertz CT molecular complexity index is 1080. The van der Waals surface area contributed by atoms with E-state index in [0.29, 0.717) is 34.0 Å². The third kappa shape index (κ3) is 3.28. The van der Waals surface area contributed by atoms with Crippen molar-refractivity contribution < 1.29 is 9.53 Å². The van der Waals surface area contributed by atoms with E-state index in [-0.39, 0.29) is 0 Å². The minimum Gasteiger partial charge on any atom is -0.465 e. The van der Waals surface area contributed by atoms with Crippen molar-refractivity contribution >= 4 is 5.97 Å². The summed E-state index contributed by atoms with van der Waals surface area (Å²) in [6, 6.07) is 16.2. The summed E-state index contributed by atoms with van der Waals surface area (Å²) in [7, 11) is 1.34. The summed E-state index contributed by atoms with van der Waals surface area (Å²) in [5.74, 6) is -0.0772. The summed E-state index contributed by atoms with van der Waals surface area (Å²) in [6.07, 6.45) is 3.33. The highest BCUT2D eigenvalue weighted by Crippen LogP contribution is 2.25. The third-order valence-corrected chi connectivity index (χ3v) is 3.89. The summed E-state index contributed by atoms with van der Waals surface area (Å²) in [5.41, 5.74) is 2.89. The van der Waals surface area contributed by atoms with Crippen LogP contribution in [-0.4, -0.2) is 43.3 Å². The number of pyridine rings is 2. The standard InChI is InChI=1S/C19H14N6O2/c1-27-19(26)15-12-13(8-9-14(15)16-6-2-4-10-20-16)25-23-18(22-24-25)17-7-3-5-11-21-17/h2-12H,1H3. The zero-order chi connectivity index (χ0) is 18.6. The summed E-state index contributed by atoms with van der Waals surface area (Å²) >= 11 is 0. The van der Waals surface area contributed by atoms with Crippen molar-refractivity contribution in [3.05, 3.63) is 72.6 Å². The lowest BCUT2D eigenvalue weighted by Crippen LogP contribution is -2.07. The van der Waals surface area contributed by atoms with Crippen molar-refractivity contribution in [2.24, 2.45) is 0 Å². The molecule has 27 heavy (non-hydrogen) atoms. The summed E-state index contributed by atoms with van der Waals surface area (Å²) < 4.78 is 4.92. The van der Waals surface area contributed by atoms with Gasteiger partial charge in [-0.3, -0.25) is 9.97 Å². The maximum absolute atomic E-state index is 12.3. The van der Waals surface area contributed by atoms with Crippen LogP contribution < -0.4 is 0 Å². The summed E-state index contributed by atoms with van der Waals surface area (Å²) in [6.45, 7) is 0. The van der Waals surface area contributed by atoms with Crippen LogP contribution in [0.2, 0.25) is 0 Å². The van der Waals surface area contributed by atoms with Crippen molar-refractivity contribution in [1.29, 1.82) is 0 Å². The Labute approximate surface area is 154 Å². The molecule has 0 radical (unpaired) electrons. The highest BCUT2D eigenvalue weighted by atomic mass is 16.5. The number of hydrogen-bond acceptors (Lipinski definition) is 7. The lowest BCUT2D eigenvalue weighted by Gasteiger charge is -2.09. The van der Waals surface area contributed by atoms with E-state index in [9.17, 15) is 4.79 Å². The molecule has 1 aromatic carbocycles. The molecule has 0 amide bonds. The Morgan fingerprint density at radius 1 is 0.963 bits per heavy atom. The number of benzene rings is 1. The lowest BCUT2D eigenvalue weighted by atomic mass is 10.0. The first kappa shape index (κ1) is 16.5. The van der Waals surface area contributed by atoms with Gasteiger partial charge in [-0.1, -0.05) is 12.1 Å². The number of esters is 1. The van der Waals surface area contributed by atoms with E-state index in [0.717, 1.165) is 0 Å². The zero-order valence-electron chi connectivity index (χ0n) is 14.4. The van der Waals surface area contributed by atoms with Crippen molar-refractivity contribution in [1.82, 2.24) is 30.2 Å². The number of ether oxygens (including phenoxy) is 1. The summed E-state index contributed by atoms with van der Waals surface area (Å²) in [5, 5.41) is 12.4. The molecule has 0 aliphatic carbocycles. The van der Waals surface area contributed by atoms with Gasteiger partial charge in [-0.2, -0.15) is 0 Å². The van der Waals surface area contributed by atoms with Gasteiger partial charge >= 0.3 is 5.97 Å². The fourth-order valence-corrected chi connectivity index (χ4v) is 2.60. The fourth-order valence-electron chi connectivity index (χ4n) is 2.60. The molecule has 132 valence electrons. The molecule has 8 heteroatoms. The van der Waals surface area contributed by atoms with E-state index in [1.807, 2.05) is 30.3 Å². The smallest absolute Gasteiger partial charge is 0.338 e. The van der Waals surface area contributed by atoms with Gasteiger partial charge in [0, 0.05) is 18.0 Å². The minimum absolute atomic E-state index is 0.366. The Morgan fingerprint density at radius 3 is 2.37 bits per heavy atom. The van der Waals surface area contributed by atoms with Crippen LogP contribution in [-0.2, 0) is 4.74 Å². The Balaban J connectivity index is 1.77. The first-order chi connectivity index (χ1) is 13.3. The number of carbonyl (C=O) groups excluding carboxylic acids is 1. The molecule has 3 aromatic heterocycles. The van der Waals surface area contributed by atoms with Gasteiger partial charge in [-0.25, -0.2) is 4.79 Å². The first-order valence-corrected chi connectivity index (χ1v) is 8.12. The largest absolute Gasteiger partial charge is 0.465 e. The van der Waals surface area contributed by atoms with E-state index in [1.54, 1.807) is 36.7 Å². The Morgan fingerprint density at radius 2 is 1.70 bits per heavy atom. The molecule has 0 bridgehead atoms. The van der Waals surface area contributed by atoms with Crippen molar-refractivity contribution in [2.75, 3.05) is 7.11 Å². The van der Waals surface area contributed by atoms with Crippen LogP contribution in [0.25, 0.3) is 28.5 Å². The molecule has 3 heterocycles. The van der Waals surface area contributed by atoms with E-state index < -0.39 is 5.97 Å². The molecule has 8 nitrogen and oxygen atoms in total. The average molecular weight is 358 g/mol. The minimum atomic E-state index is -0.470. The predicted octanol–water partition coefficient (Wildman–Crippen LogP) is 2.57. The number of rotatable bonds is 4. The molecule has 0 N–H and O–H groups in total. The molecule has 0 saturated carbocycles. The molecule has 0 aliphatic heterocycles. The highest BCUT2D eigenvalue weighted by Gasteiger charge is 2.17. The number of tetrazole rings is 1. The van der Waals surface area contributed by atoms with Crippen LogP contribution in [0, 0.1) is 0 Å². The second-order valence-electron chi connectivity index (χ2n) is 5.55. The second-order valence-corrected chi connectivity index (χ2v) is 5.55. The number of aromatic nitrogens is 6. The Hall–Kier alpha value is -3.94. The topological polar surface area (TPSA) is 95.7 Å². The van der Waals surface area contributed by atoms with Crippen molar-refractivity contribution in [3.63, 3.8) is 0 Å². The molecule has 0 aliphatic rings. The molecule has 4 aromatic rings. The van der Waals surface area contributed by atoms with Gasteiger partial charge in [0.25, 0.3) is 0 Å². The second kappa shape index (κ2) is 7.12. The molecule has 0 atom stereocenters. The number of methoxy groups -OCH3 is 1. The number of hydrogen-bond donors (Lipinski definition) is 0. The summed E-state index contributed by atoms with van der Waals surface area (Å²) in [4.78, 5) is 22.2. The van der Waals surface area contributed by atoms with Crippen LogP contribution in [0.3, 0.4) is 0 Å². The third-order valence-electron chi connectivity index (χ3n) is 3.89. The van der Waals surface area contributed by atoms with Crippen LogP contribution in [0.5, 0.6) is 0 Å². The Kier molecular flexibility index (Phi) is 4.36. The van der Waals surface area contributed by atoms with Gasteiger partial charge in [0.05, 0.1) is 24.1 Å². The fraction of sp³-hybridized carbons (Fsp3) is 0.0526. The molecular formula is C19H14N6O2. The van der Waals surface area contributed by atoms with Gasteiger partial charge in [0.1, 0.15) is 5.69 Å². The van der Waals surface area contributed by atoms with E-state index in [2.05, 4.69) is 25.4 Å². The number of nitrogens with zero attached hydrogens (tertiary/aromatic N) is 6. The first-order valence-electron chi connectivity index (χ1n) is 8.12. The SMILES string of the molecule is COC(=O)c1cc(-n2nnc(-c3ccccn3)n2)ccc1-c1ccccn1. The van der Waals surface area contributed by atoms with Crippen LogP contribution in [0.15, 0.2) is 67.0 Å². The van der Waals surface area contributed by atoms with Gasteiger partial charge in [0.15, 0.2) is 0 Å². The molecule has 0 fully saturated rings. The van der Waals surface area contributed by atoms with Gasteiger partial charge in [-0.15, -0.1) is 15.0 Å². The number of carbonyl (C=O) groups is 1. The van der Waals surface area contributed by atoms with Crippen molar-refractivity contribution in [2.45, 2.75) is 0 Å². The molecular weight excluding hydrogens is 344 g/mol. The van der Waals surface area contributed by atoms with E-state index in [4.69, 9.17) is 4.74 Å². The van der Waals surface area contributed by atoms with Gasteiger partial charge in [-0.05, 0) is 47.7 Å². The molecule has 4 rings (SSSR count). The van der Waals surface area contributed by atoms with E-state index >= 15 is 0 Å². The molecule has 0 spiro atoms. The molecule has 0 unspecified atom stereocenters. The maximum Gasteiger partial charge on any atom is 0.338 e. The van der Waals surface area contributed by atoms with Crippen LogP contribution in [0.1, 0.15) is 10.4 Å². The van der Waals surface area contributed by atoms with Crippen molar-refractivity contribution in [3.8, 4) is 28.5 Å².